The third kappa shape index (κ3) is 3.54. The summed E-state index contributed by atoms with van der Waals surface area (Å²) in [5, 5.41) is 20.6. The maximum absolute atomic E-state index is 12.7. The van der Waals surface area contributed by atoms with E-state index in [1.807, 2.05) is 0 Å². The van der Waals surface area contributed by atoms with Crippen molar-refractivity contribution < 1.29 is 24.5 Å². The molecule has 1 atom stereocenters. The van der Waals surface area contributed by atoms with Gasteiger partial charge in [-0.3, -0.25) is 9.59 Å². The fourth-order valence-corrected chi connectivity index (χ4v) is 3.27. The van der Waals surface area contributed by atoms with E-state index in [1.54, 1.807) is 48.5 Å². The van der Waals surface area contributed by atoms with Crippen molar-refractivity contribution in [1.82, 2.24) is 4.90 Å². The molecule has 1 amide bonds. The highest BCUT2D eigenvalue weighted by molar-refractivity contribution is 6.46. The summed E-state index contributed by atoms with van der Waals surface area (Å²) in [5.74, 6) is -1.32. The van der Waals surface area contributed by atoms with E-state index in [2.05, 4.69) is 0 Å². The quantitative estimate of drug-likeness (QED) is 0.468. The molecule has 1 heterocycles. The van der Waals surface area contributed by atoms with Gasteiger partial charge in [-0.05, 0) is 42.0 Å². The molecular weight excluding hydrogens is 370 g/mol. The summed E-state index contributed by atoms with van der Waals surface area (Å²) in [6, 6.07) is 12.4. The van der Waals surface area contributed by atoms with Crippen LogP contribution in [0.15, 0.2) is 54.1 Å². The van der Waals surface area contributed by atoms with Crippen LogP contribution < -0.4 is 4.74 Å². The number of likely N-dealkylation sites (tertiary alicyclic amines) is 1. The van der Waals surface area contributed by atoms with E-state index >= 15 is 0 Å². The van der Waals surface area contributed by atoms with Crippen molar-refractivity contribution in [3.8, 4) is 5.75 Å². The Labute approximate surface area is 161 Å². The number of rotatable bonds is 5. The van der Waals surface area contributed by atoms with Crippen LogP contribution in [0.5, 0.6) is 5.75 Å². The smallest absolute Gasteiger partial charge is 0.295 e. The fraction of sp³-hybridized carbons (Fsp3) is 0.200. The third-order valence-corrected chi connectivity index (χ3v) is 4.66. The van der Waals surface area contributed by atoms with Crippen LogP contribution in [0.2, 0.25) is 5.02 Å². The number of methoxy groups -OCH3 is 1. The lowest BCUT2D eigenvalue weighted by Crippen LogP contribution is -2.32. The number of hydrogen-bond donors (Lipinski definition) is 2. The second kappa shape index (κ2) is 7.82. The van der Waals surface area contributed by atoms with Crippen LogP contribution >= 0.6 is 11.6 Å². The van der Waals surface area contributed by atoms with Gasteiger partial charge >= 0.3 is 0 Å². The number of ether oxygens (including phenoxy) is 1. The van der Waals surface area contributed by atoms with Crippen LogP contribution in [0.1, 0.15) is 17.2 Å². The summed E-state index contributed by atoms with van der Waals surface area (Å²) in [5.41, 5.74) is 0.927. The van der Waals surface area contributed by atoms with Crippen LogP contribution in [-0.2, 0) is 9.59 Å². The first-order chi connectivity index (χ1) is 13.0. The van der Waals surface area contributed by atoms with Crippen molar-refractivity contribution in [3.05, 3.63) is 70.3 Å². The van der Waals surface area contributed by atoms with Gasteiger partial charge < -0.3 is 19.8 Å². The van der Waals surface area contributed by atoms with E-state index in [9.17, 15) is 19.8 Å². The summed E-state index contributed by atoms with van der Waals surface area (Å²) >= 11 is 5.88. The maximum atomic E-state index is 12.7. The van der Waals surface area contributed by atoms with Gasteiger partial charge in [-0.15, -0.1) is 0 Å². The Kier molecular flexibility index (Phi) is 5.48. The van der Waals surface area contributed by atoms with Crippen molar-refractivity contribution in [2.45, 2.75) is 6.04 Å². The predicted molar refractivity (Wildman–Crippen MR) is 101 cm³/mol. The van der Waals surface area contributed by atoms with E-state index in [-0.39, 0.29) is 24.5 Å². The minimum Gasteiger partial charge on any atom is -0.507 e. The zero-order valence-electron chi connectivity index (χ0n) is 14.6. The summed E-state index contributed by atoms with van der Waals surface area (Å²) < 4.78 is 5.23. The molecule has 0 aliphatic carbocycles. The monoisotopic (exact) mass is 387 g/mol. The van der Waals surface area contributed by atoms with Crippen LogP contribution in [-0.4, -0.2) is 47.1 Å². The van der Waals surface area contributed by atoms with Crippen molar-refractivity contribution in [2.75, 3.05) is 20.3 Å². The molecule has 0 unspecified atom stereocenters. The number of carbonyl (C=O) groups excluding carboxylic acids is 2. The fourth-order valence-electron chi connectivity index (χ4n) is 3.14. The van der Waals surface area contributed by atoms with Gasteiger partial charge in [-0.1, -0.05) is 23.7 Å². The standard InChI is InChI=1S/C20H18ClNO5/c1-27-15-4-2-3-13(11-15)17-16(19(25)20(26)22(17)9-10-23)18(24)12-5-7-14(21)8-6-12/h2-8,11,17,23-24H,9-10H2,1H3/t17-/m1/s1. The zero-order valence-corrected chi connectivity index (χ0v) is 15.3. The summed E-state index contributed by atoms with van der Waals surface area (Å²) in [6.07, 6.45) is 0. The SMILES string of the molecule is COc1cccc([C@@H]2C(=C(O)c3ccc(Cl)cc3)C(=O)C(=O)N2CCO)c1. The van der Waals surface area contributed by atoms with E-state index in [0.717, 1.165) is 0 Å². The summed E-state index contributed by atoms with van der Waals surface area (Å²) in [6.45, 7) is -0.349. The van der Waals surface area contributed by atoms with Crippen molar-refractivity contribution in [3.63, 3.8) is 0 Å². The number of halogens is 1. The average Bonchev–Trinajstić information content (AvgIpc) is 2.93. The van der Waals surface area contributed by atoms with Gasteiger partial charge in [0.05, 0.1) is 25.3 Å². The Balaban J connectivity index is 2.18. The second-order valence-electron chi connectivity index (χ2n) is 6.00. The highest BCUT2D eigenvalue weighted by atomic mass is 35.5. The Morgan fingerprint density at radius 1 is 1.19 bits per heavy atom. The number of benzene rings is 2. The molecule has 0 radical (unpaired) electrons. The number of ketones is 1. The second-order valence-corrected chi connectivity index (χ2v) is 6.44. The predicted octanol–water partition coefficient (Wildman–Crippen LogP) is 2.76. The van der Waals surface area contributed by atoms with E-state index in [4.69, 9.17) is 16.3 Å². The van der Waals surface area contributed by atoms with Crippen molar-refractivity contribution in [1.29, 1.82) is 0 Å². The van der Waals surface area contributed by atoms with Gasteiger partial charge in [0.25, 0.3) is 11.7 Å². The molecule has 2 aromatic rings. The molecule has 1 aliphatic rings. The molecule has 0 spiro atoms. The molecule has 0 saturated carbocycles. The summed E-state index contributed by atoms with van der Waals surface area (Å²) in [4.78, 5) is 26.4. The number of carbonyl (C=O) groups is 2. The molecule has 27 heavy (non-hydrogen) atoms. The Bertz CT molecular complexity index is 907. The summed E-state index contributed by atoms with van der Waals surface area (Å²) in [7, 11) is 1.51. The molecule has 2 N–H and O–H groups in total. The Morgan fingerprint density at radius 2 is 1.89 bits per heavy atom. The van der Waals surface area contributed by atoms with Crippen molar-refractivity contribution >= 4 is 29.1 Å². The molecule has 1 fully saturated rings. The molecule has 1 aliphatic heterocycles. The van der Waals surface area contributed by atoms with E-state index < -0.39 is 17.7 Å². The van der Waals surface area contributed by atoms with Crippen LogP contribution in [0.4, 0.5) is 0 Å². The number of Topliss-reactive ketones (excluding diaryl/α,β-unsaturated/α-hetero) is 1. The number of nitrogens with zero attached hydrogens (tertiary/aromatic N) is 1. The Hall–Kier alpha value is -2.83. The van der Waals surface area contributed by atoms with E-state index in [1.165, 1.54) is 12.0 Å². The topological polar surface area (TPSA) is 87.1 Å². The average molecular weight is 388 g/mol. The van der Waals surface area contributed by atoms with Crippen molar-refractivity contribution in [2.24, 2.45) is 0 Å². The first kappa shape index (κ1) is 18.9. The molecule has 0 bridgehead atoms. The minimum atomic E-state index is -0.831. The van der Waals surface area contributed by atoms with E-state index in [0.29, 0.717) is 21.9 Å². The highest BCUT2D eigenvalue weighted by Gasteiger charge is 2.45. The number of β-amino-alcohol motifs (C(OH)–C–C–N with tert-alkyl or cyclic N) is 1. The molecule has 7 heteroatoms. The minimum absolute atomic E-state index is 0.0378. The molecular formula is C20H18ClNO5. The number of aliphatic hydroxyl groups is 2. The Morgan fingerprint density at radius 3 is 2.52 bits per heavy atom. The van der Waals surface area contributed by atoms with Gasteiger partial charge in [0.2, 0.25) is 0 Å². The largest absolute Gasteiger partial charge is 0.507 e. The first-order valence-electron chi connectivity index (χ1n) is 8.27. The molecule has 140 valence electrons. The molecule has 1 saturated heterocycles. The maximum Gasteiger partial charge on any atom is 0.295 e. The van der Waals surface area contributed by atoms with Gasteiger partial charge in [0, 0.05) is 17.1 Å². The molecule has 6 nitrogen and oxygen atoms in total. The number of aliphatic hydroxyl groups excluding tert-OH is 2. The lowest BCUT2D eigenvalue weighted by molar-refractivity contribution is -0.140. The van der Waals surface area contributed by atoms with Gasteiger partial charge in [-0.2, -0.15) is 0 Å². The number of hydrogen-bond acceptors (Lipinski definition) is 5. The van der Waals surface area contributed by atoms with Gasteiger partial charge in [-0.25, -0.2) is 0 Å². The molecule has 0 aromatic heterocycles. The van der Waals surface area contributed by atoms with Gasteiger partial charge in [0.15, 0.2) is 0 Å². The zero-order chi connectivity index (χ0) is 19.6. The first-order valence-corrected chi connectivity index (χ1v) is 8.65. The normalized spacial score (nSPS) is 18.8. The molecule has 2 aromatic carbocycles. The van der Waals surface area contributed by atoms with Gasteiger partial charge in [0.1, 0.15) is 11.5 Å². The van der Waals surface area contributed by atoms with Crippen LogP contribution in [0.25, 0.3) is 5.76 Å². The lowest BCUT2D eigenvalue weighted by Gasteiger charge is -2.24. The molecule has 3 rings (SSSR count). The highest BCUT2D eigenvalue weighted by Crippen LogP contribution is 2.40. The van der Waals surface area contributed by atoms with Crippen LogP contribution in [0.3, 0.4) is 0 Å². The van der Waals surface area contributed by atoms with Crippen LogP contribution in [0, 0.1) is 0 Å². The third-order valence-electron chi connectivity index (χ3n) is 4.41. The number of amides is 1. The lowest BCUT2D eigenvalue weighted by atomic mass is 9.95.